The van der Waals surface area contributed by atoms with E-state index in [1.54, 1.807) is 17.6 Å². The Morgan fingerprint density at radius 3 is 3.05 bits per heavy atom. The molecule has 102 valence electrons. The van der Waals surface area contributed by atoms with Crippen LogP contribution in [-0.4, -0.2) is 48.1 Å². The molecule has 4 N–H and O–H groups in total. The van der Waals surface area contributed by atoms with E-state index in [0.29, 0.717) is 17.8 Å². The first kappa shape index (κ1) is 12.3. The van der Waals surface area contributed by atoms with E-state index in [0.717, 1.165) is 0 Å². The number of hydrogen-bond acceptors (Lipinski definition) is 7. The lowest BCUT2D eigenvalue weighted by Crippen LogP contribution is -2.39. The quantitative estimate of drug-likeness (QED) is 0.655. The Bertz CT molecular complexity index is 615. The van der Waals surface area contributed by atoms with Crippen molar-refractivity contribution in [2.45, 2.75) is 31.2 Å². The highest BCUT2D eigenvalue weighted by atomic mass is 16.5. The van der Waals surface area contributed by atoms with Crippen LogP contribution in [0.25, 0.3) is 5.65 Å². The molecule has 0 spiro atoms. The van der Waals surface area contributed by atoms with Crippen molar-refractivity contribution in [2.75, 3.05) is 12.3 Å². The van der Waals surface area contributed by atoms with Gasteiger partial charge in [-0.05, 0) is 6.92 Å². The van der Waals surface area contributed by atoms with Crippen molar-refractivity contribution < 1.29 is 14.9 Å². The number of fused-ring (bicyclic) bond motifs is 1. The number of hydrogen-bond donors (Lipinski definition) is 3. The molecule has 19 heavy (non-hydrogen) atoms. The molecule has 8 nitrogen and oxygen atoms in total. The van der Waals surface area contributed by atoms with Gasteiger partial charge >= 0.3 is 0 Å². The van der Waals surface area contributed by atoms with E-state index in [9.17, 15) is 10.2 Å². The van der Waals surface area contributed by atoms with Gasteiger partial charge in [0.25, 0.3) is 0 Å². The fourth-order valence-electron chi connectivity index (χ4n) is 2.30. The summed E-state index contributed by atoms with van der Waals surface area (Å²) < 4.78 is 7.29. The van der Waals surface area contributed by atoms with Crippen LogP contribution in [0.3, 0.4) is 0 Å². The zero-order valence-electron chi connectivity index (χ0n) is 10.4. The second kappa shape index (κ2) is 4.12. The van der Waals surface area contributed by atoms with Crippen LogP contribution < -0.4 is 5.73 Å². The predicted molar refractivity (Wildman–Crippen MR) is 65.1 cm³/mol. The molecule has 0 aromatic carbocycles. The molecule has 1 fully saturated rings. The normalized spacial score (nSPS) is 31.1. The third-order valence-corrected chi connectivity index (χ3v) is 3.55. The molecule has 0 saturated carbocycles. The summed E-state index contributed by atoms with van der Waals surface area (Å²) in [5.74, 6) is 0.282. The number of imidazole rings is 1. The number of nitrogens with two attached hydrogens (primary N) is 1. The van der Waals surface area contributed by atoms with Gasteiger partial charge in [-0.15, -0.1) is 0 Å². The Morgan fingerprint density at radius 2 is 2.37 bits per heavy atom. The van der Waals surface area contributed by atoms with Crippen molar-refractivity contribution in [3.63, 3.8) is 0 Å². The first-order valence-electron chi connectivity index (χ1n) is 5.96. The van der Waals surface area contributed by atoms with Crippen LogP contribution in [-0.2, 0) is 4.74 Å². The first-order chi connectivity index (χ1) is 9.05. The van der Waals surface area contributed by atoms with Crippen LogP contribution in [0.4, 0.5) is 5.82 Å². The van der Waals surface area contributed by atoms with Gasteiger partial charge in [-0.3, -0.25) is 0 Å². The molecular formula is C11H15N5O3. The smallest absolute Gasteiger partial charge is 0.196 e. The monoisotopic (exact) mass is 265 g/mol. The lowest BCUT2D eigenvalue weighted by atomic mass is 9.99. The SMILES string of the molecule is C[C@]1(CO)O[C@@H](c2cnc3c(N)ncnn23)C[C@@H]1O. The molecule has 1 aliphatic heterocycles. The third-order valence-electron chi connectivity index (χ3n) is 3.55. The van der Waals surface area contributed by atoms with Gasteiger partial charge in [-0.1, -0.05) is 0 Å². The summed E-state index contributed by atoms with van der Waals surface area (Å²) in [6, 6.07) is 0. The number of aliphatic hydroxyl groups excluding tert-OH is 2. The molecule has 8 heteroatoms. The van der Waals surface area contributed by atoms with Crippen molar-refractivity contribution in [3.05, 3.63) is 18.2 Å². The van der Waals surface area contributed by atoms with Crippen molar-refractivity contribution >= 4 is 11.5 Å². The fourth-order valence-corrected chi connectivity index (χ4v) is 2.30. The molecular weight excluding hydrogens is 250 g/mol. The summed E-state index contributed by atoms with van der Waals surface area (Å²) in [6.45, 7) is 1.42. The zero-order valence-corrected chi connectivity index (χ0v) is 10.4. The van der Waals surface area contributed by atoms with Gasteiger partial charge in [0, 0.05) is 6.42 Å². The highest BCUT2D eigenvalue weighted by Crippen LogP contribution is 2.39. The van der Waals surface area contributed by atoms with Crippen molar-refractivity contribution in [1.82, 2.24) is 19.6 Å². The lowest BCUT2D eigenvalue weighted by molar-refractivity contribution is -0.100. The molecule has 3 heterocycles. The number of aromatic nitrogens is 4. The maximum atomic E-state index is 9.97. The average molecular weight is 265 g/mol. The Morgan fingerprint density at radius 1 is 1.58 bits per heavy atom. The van der Waals surface area contributed by atoms with Gasteiger partial charge in [-0.25, -0.2) is 14.5 Å². The molecule has 0 amide bonds. The highest BCUT2D eigenvalue weighted by molar-refractivity contribution is 5.58. The Balaban J connectivity index is 2.01. The van der Waals surface area contributed by atoms with Crippen LogP contribution in [0, 0.1) is 0 Å². The summed E-state index contributed by atoms with van der Waals surface area (Å²) in [5.41, 5.74) is 5.88. The summed E-state index contributed by atoms with van der Waals surface area (Å²) >= 11 is 0. The average Bonchev–Trinajstić information content (AvgIpc) is 2.94. The Kier molecular flexibility index (Phi) is 2.66. The van der Waals surface area contributed by atoms with Crippen LogP contribution in [0.15, 0.2) is 12.5 Å². The lowest BCUT2D eigenvalue weighted by Gasteiger charge is -2.24. The number of anilines is 1. The fraction of sp³-hybridized carbons (Fsp3) is 0.545. The maximum absolute atomic E-state index is 9.97. The van der Waals surface area contributed by atoms with Crippen LogP contribution in [0.1, 0.15) is 25.1 Å². The third kappa shape index (κ3) is 1.76. The van der Waals surface area contributed by atoms with Crippen LogP contribution >= 0.6 is 0 Å². The molecule has 0 bridgehead atoms. The van der Waals surface area contributed by atoms with E-state index in [1.165, 1.54) is 6.33 Å². The predicted octanol–water partition coefficient (Wildman–Crippen LogP) is -0.720. The second-order valence-electron chi connectivity index (χ2n) is 4.89. The van der Waals surface area contributed by atoms with Gasteiger partial charge in [0.2, 0.25) is 0 Å². The summed E-state index contributed by atoms with van der Waals surface area (Å²) in [7, 11) is 0. The van der Waals surface area contributed by atoms with E-state index >= 15 is 0 Å². The van der Waals surface area contributed by atoms with Crippen LogP contribution in [0.2, 0.25) is 0 Å². The molecule has 3 rings (SSSR count). The minimum atomic E-state index is -0.965. The first-order valence-corrected chi connectivity index (χ1v) is 5.96. The van der Waals surface area contributed by atoms with Crippen molar-refractivity contribution in [3.8, 4) is 0 Å². The topological polar surface area (TPSA) is 119 Å². The molecule has 0 radical (unpaired) electrons. The van der Waals surface area contributed by atoms with Gasteiger partial charge in [-0.2, -0.15) is 5.10 Å². The van der Waals surface area contributed by atoms with E-state index in [2.05, 4.69) is 15.1 Å². The van der Waals surface area contributed by atoms with Crippen LogP contribution in [0.5, 0.6) is 0 Å². The number of nitrogens with zero attached hydrogens (tertiary/aromatic N) is 4. The minimum Gasteiger partial charge on any atom is -0.393 e. The number of ether oxygens (including phenoxy) is 1. The highest BCUT2D eigenvalue weighted by Gasteiger charge is 2.45. The number of rotatable bonds is 2. The molecule has 1 saturated heterocycles. The van der Waals surface area contributed by atoms with E-state index in [1.807, 2.05) is 0 Å². The van der Waals surface area contributed by atoms with Gasteiger partial charge < -0.3 is 20.7 Å². The molecule has 1 aliphatic rings. The molecule has 0 unspecified atom stereocenters. The van der Waals surface area contributed by atoms with Gasteiger partial charge in [0.1, 0.15) is 18.0 Å². The van der Waals surface area contributed by atoms with Gasteiger partial charge in [0.05, 0.1) is 24.6 Å². The number of aliphatic hydroxyl groups is 2. The summed E-state index contributed by atoms with van der Waals surface area (Å²) in [4.78, 5) is 8.01. The molecule has 3 atom stereocenters. The van der Waals surface area contributed by atoms with Gasteiger partial charge in [0.15, 0.2) is 11.5 Å². The minimum absolute atomic E-state index is 0.251. The van der Waals surface area contributed by atoms with E-state index in [-0.39, 0.29) is 12.4 Å². The molecule has 0 aliphatic carbocycles. The Labute approximate surface area is 108 Å². The molecule has 2 aromatic heterocycles. The Hall–Kier alpha value is -1.77. The summed E-state index contributed by atoms with van der Waals surface area (Å²) in [6.07, 6.45) is 2.17. The molecule has 2 aromatic rings. The summed E-state index contributed by atoms with van der Waals surface area (Å²) in [5, 5.41) is 23.4. The zero-order chi connectivity index (χ0) is 13.6. The maximum Gasteiger partial charge on any atom is 0.196 e. The van der Waals surface area contributed by atoms with E-state index in [4.69, 9.17) is 10.5 Å². The number of nitrogen functional groups attached to an aromatic ring is 1. The largest absolute Gasteiger partial charge is 0.393 e. The van der Waals surface area contributed by atoms with Crippen molar-refractivity contribution in [1.29, 1.82) is 0 Å². The van der Waals surface area contributed by atoms with Crippen molar-refractivity contribution in [2.24, 2.45) is 0 Å². The standard InChI is InChI=1S/C11H15N5O3/c1-11(4-17)8(18)2-7(19-11)6-3-13-10-9(12)14-5-15-16(6)10/h3,5,7-8,17-18H,2,4H2,1H3,(H2,12,14,15)/t7-,8+,11-/m1/s1. The second-order valence-corrected chi connectivity index (χ2v) is 4.89. The van der Waals surface area contributed by atoms with E-state index < -0.39 is 17.8 Å².